The van der Waals surface area contributed by atoms with Gasteiger partial charge in [-0.1, -0.05) is 39.0 Å². The highest BCUT2D eigenvalue weighted by atomic mass is 32.1. The number of para-hydroxylation sites is 1. The molecule has 0 fully saturated rings. The number of halogens is 1. The van der Waals surface area contributed by atoms with Crippen LogP contribution in [-0.4, -0.2) is 25.1 Å². The molecule has 198 valence electrons. The summed E-state index contributed by atoms with van der Waals surface area (Å²) in [5.41, 5.74) is 1.76. The van der Waals surface area contributed by atoms with Gasteiger partial charge in [0.2, 0.25) is 0 Å². The van der Waals surface area contributed by atoms with Crippen molar-refractivity contribution in [2.24, 2.45) is 5.41 Å². The number of rotatable bonds is 5. The summed E-state index contributed by atoms with van der Waals surface area (Å²) in [7, 11) is 0. The molecule has 0 saturated heterocycles. The number of nitrogens with zero attached hydrogens (tertiary/aromatic N) is 5. The maximum Gasteiger partial charge on any atom is 0.273 e. The second-order valence-corrected chi connectivity index (χ2v) is 11.1. The molecule has 0 aliphatic carbocycles. The molecule has 0 amide bonds. The monoisotopic (exact) mass is 549 g/mol. The van der Waals surface area contributed by atoms with Gasteiger partial charge in [-0.2, -0.15) is 10.4 Å². The molecule has 40 heavy (non-hydrogen) atoms. The molecule has 5 aromatic rings. The highest BCUT2D eigenvalue weighted by Crippen LogP contribution is 2.24. The Morgan fingerprint density at radius 1 is 1.02 bits per heavy atom. The van der Waals surface area contributed by atoms with Crippen LogP contribution in [-0.2, 0) is 4.79 Å². The van der Waals surface area contributed by atoms with Crippen LogP contribution < -0.4 is 14.8 Å². The molecule has 3 aromatic heterocycles. The summed E-state index contributed by atoms with van der Waals surface area (Å²) in [5, 5.41) is 14.8. The van der Waals surface area contributed by atoms with Crippen LogP contribution in [0.25, 0.3) is 34.3 Å². The topological polar surface area (TPSA) is 93.6 Å². The molecular formula is C31H24FN5O2S. The third-order valence-electron chi connectivity index (χ3n) is 6.13. The van der Waals surface area contributed by atoms with Crippen molar-refractivity contribution in [3.05, 3.63) is 116 Å². The molecule has 5 rings (SSSR count). The average molecular weight is 550 g/mol. The van der Waals surface area contributed by atoms with E-state index in [2.05, 4.69) is 4.98 Å². The standard InChI is InChI=1S/C31H24FN5O2S/c1-31(2,3)28(38)25(17-33)30-37(24-13-11-22(32)12-14-24)29(39)26(40-30)16-21-19-36(23-9-5-4-6-10-23)35-27(21)20-8-7-15-34-18-20/h4-16,18-19H,1-3H3/b26-16?,30-25-. The van der Waals surface area contributed by atoms with E-state index in [4.69, 9.17) is 5.10 Å². The number of pyridine rings is 1. The van der Waals surface area contributed by atoms with Crippen molar-refractivity contribution >= 4 is 28.8 Å². The van der Waals surface area contributed by atoms with E-state index in [1.165, 1.54) is 28.8 Å². The number of carbonyl (C=O) groups excluding carboxylic acids is 1. The predicted molar refractivity (Wildman–Crippen MR) is 153 cm³/mol. The highest BCUT2D eigenvalue weighted by molar-refractivity contribution is 7.07. The molecule has 0 aliphatic rings. The Bertz CT molecular complexity index is 1930. The summed E-state index contributed by atoms with van der Waals surface area (Å²) >= 11 is 1.03. The normalized spacial score (nSPS) is 12.7. The Hall–Kier alpha value is -4.94. The highest BCUT2D eigenvalue weighted by Gasteiger charge is 2.27. The van der Waals surface area contributed by atoms with Gasteiger partial charge in [-0.25, -0.2) is 9.07 Å². The molecule has 0 radical (unpaired) electrons. The van der Waals surface area contributed by atoms with Gasteiger partial charge < -0.3 is 0 Å². The third-order valence-corrected chi connectivity index (χ3v) is 7.22. The number of nitriles is 1. The van der Waals surface area contributed by atoms with Gasteiger partial charge in [0.15, 0.2) is 5.78 Å². The van der Waals surface area contributed by atoms with Gasteiger partial charge in [0.1, 0.15) is 27.8 Å². The van der Waals surface area contributed by atoms with Crippen LogP contribution in [0.2, 0.25) is 0 Å². The lowest BCUT2D eigenvalue weighted by Gasteiger charge is -2.15. The van der Waals surface area contributed by atoms with E-state index < -0.39 is 22.6 Å². The van der Waals surface area contributed by atoms with Crippen molar-refractivity contribution in [3.63, 3.8) is 0 Å². The SMILES string of the molecule is CC(C)(C)C(=O)/C(C#N)=c1\sc(=Cc2cn(-c3ccccc3)nc2-c2cccnc2)c(=O)n1-c1ccc(F)cc1. The quantitative estimate of drug-likeness (QED) is 0.324. The van der Waals surface area contributed by atoms with Gasteiger partial charge in [0.25, 0.3) is 5.56 Å². The number of Topliss-reactive ketones (excluding diaryl/α,β-unsaturated/α-hetero) is 1. The minimum atomic E-state index is -0.854. The number of hydrogen-bond acceptors (Lipinski definition) is 6. The molecule has 0 unspecified atom stereocenters. The first kappa shape index (κ1) is 26.7. The Balaban J connectivity index is 1.83. The van der Waals surface area contributed by atoms with Gasteiger partial charge in [-0.05, 0) is 54.6 Å². The van der Waals surface area contributed by atoms with Crippen LogP contribution in [0.3, 0.4) is 0 Å². The number of thiazole rings is 1. The molecule has 7 nitrogen and oxygen atoms in total. The Morgan fingerprint density at radius 3 is 2.38 bits per heavy atom. The zero-order valence-corrected chi connectivity index (χ0v) is 22.8. The van der Waals surface area contributed by atoms with Crippen LogP contribution in [0, 0.1) is 22.6 Å². The fraction of sp³-hybridized carbons (Fsp3) is 0.129. The lowest BCUT2D eigenvalue weighted by atomic mass is 9.87. The van der Waals surface area contributed by atoms with E-state index in [0.29, 0.717) is 16.9 Å². The molecule has 0 N–H and O–H groups in total. The lowest BCUT2D eigenvalue weighted by molar-refractivity contribution is -0.120. The first-order valence-electron chi connectivity index (χ1n) is 12.4. The second-order valence-electron chi connectivity index (χ2n) is 10.1. The molecule has 0 atom stereocenters. The minimum absolute atomic E-state index is 0.133. The summed E-state index contributed by atoms with van der Waals surface area (Å²) < 4.78 is 17.2. The maximum absolute atomic E-state index is 13.9. The van der Waals surface area contributed by atoms with E-state index >= 15 is 0 Å². The van der Waals surface area contributed by atoms with Crippen molar-refractivity contribution in [3.8, 4) is 28.7 Å². The van der Waals surface area contributed by atoms with E-state index in [-0.39, 0.29) is 14.8 Å². The van der Waals surface area contributed by atoms with Gasteiger partial charge in [-0.15, -0.1) is 11.3 Å². The molecule has 0 bridgehead atoms. The van der Waals surface area contributed by atoms with Crippen molar-refractivity contribution in [2.45, 2.75) is 20.8 Å². The van der Waals surface area contributed by atoms with Crippen LogP contribution >= 0.6 is 11.3 Å². The summed E-state index contributed by atoms with van der Waals surface area (Å²) in [6, 6.07) is 20.6. The number of aromatic nitrogens is 4. The summed E-state index contributed by atoms with van der Waals surface area (Å²) in [5.74, 6) is -0.864. The zero-order chi connectivity index (χ0) is 28.4. The van der Waals surface area contributed by atoms with Crippen LogP contribution in [0.15, 0.2) is 90.1 Å². The maximum atomic E-state index is 13.9. The van der Waals surface area contributed by atoms with Crippen LogP contribution in [0.5, 0.6) is 0 Å². The minimum Gasteiger partial charge on any atom is -0.293 e. The fourth-order valence-corrected chi connectivity index (χ4v) is 5.21. The second kappa shape index (κ2) is 10.7. The van der Waals surface area contributed by atoms with Crippen molar-refractivity contribution < 1.29 is 9.18 Å². The number of benzene rings is 2. The molecule has 2 aromatic carbocycles. The van der Waals surface area contributed by atoms with Gasteiger partial charge >= 0.3 is 0 Å². The van der Waals surface area contributed by atoms with E-state index in [1.54, 1.807) is 50.0 Å². The Labute approximate surface area is 233 Å². The Kier molecular flexibility index (Phi) is 7.11. The molecule has 3 heterocycles. The molecular weight excluding hydrogens is 525 g/mol. The first-order valence-corrected chi connectivity index (χ1v) is 13.2. The van der Waals surface area contributed by atoms with Crippen molar-refractivity contribution in [1.29, 1.82) is 5.26 Å². The van der Waals surface area contributed by atoms with Gasteiger partial charge in [0.05, 0.1) is 15.9 Å². The Morgan fingerprint density at radius 2 is 1.75 bits per heavy atom. The molecule has 9 heteroatoms. The summed E-state index contributed by atoms with van der Waals surface area (Å²) in [6.07, 6.45) is 6.87. The number of ketones is 1. The van der Waals surface area contributed by atoms with Crippen molar-refractivity contribution in [2.75, 3.05) is 0 Å². The fourth-order valence-electron chi connectivity index (χ4n) is 4.12. The van der Waals surface area contributed by atoms with E-state index in [0.717, 1.165) is 22.6 Å². The largest absolute Gasteiger partial charge is 0.293 e. The zero-order valence-electron chi connectivity index (χ0n) is 22.0. The number of carbonyl (C=O) groups is 1. The van der Waals surface area contributed by atoms with E-state index in [9.17, 15) is 19.2 Å². The van der Waals surface area contributed by atoms with Gasteiger partial charge in [-0.3, -0.25) is 19.1 Å². The predicted octanol–water partition coefficient (Wildman–Crippen LogP) is 4.40. The van der Waals surface area contributed by atoms with Crippen LogP contribution in [0.1, 0.15) is 26.3 Å². The number of hydrogen-bond donors (Lipinski definition) is 0. The molecule has 0 saturated carbocycles. The van der Waals surface area contributed by atoms with Gasteiger partial charge in [0, 0.05) is 35.1 Å². The lowest BCUT2D eigenvalue weighted by Crippen LogP contribution is -2.33. The molecule has 0 aliphatic heterocycles. The van der Waals surface area contributed by atoms with Crippen molar-refractivity contribution in [1.82, 2.24) is 19.3 Å². The summed E-state index contributed by atoms with van der Waals surface area (Å²) in [4.78, 5) is 31.3. The average Bonchev–Trinajstić information content (AvgIpc) is 3.51. The first-order chi connectivity index (χ1) is 19.2. The third kappa shape index (κ3) is 5.17. The van der Waals surface area contributed by atoms with Crippen LogP contribution in [0.4, 0.5) is 4.39 Å². The molecule has 0 spiro atoms. The summed E-state index contributed by atoms with van der Waals surface area (Å²) in [6.45, 7) is 5.14. The van der Waals surface area contributed by atoms with E-state index in [1.807, 2.05) is 48.7 Å². The smallest absolute Gasteiger partial charge is 0.273 e.